The molecule has 2 aromatic carbocycles. The molecule has 1 aliphatic carbocycles. The summed E-state index contributed by atoms with van der Waals surface area (Å²) in [5, 5.41) is 3.01. The molecule has 158 valence electrons. The highest BCUT2D eigenvalue weighted by atomic mass is 16.5. The summed E-state index contributed by atoms with van der Waals surface area (Å²) >= 11 is 0. The fourth-order valence-electron chi connectivity index (χ4n) is 3.55. The van der Waals surface area contributed by atoms with E-state index in [9.17, 15) is 9.59 Å². The van der Waals surface area contributed by atoms with Gasteiger partial charge in [0.1, 0.15) is 11.5 Å². The number of nitrogens with one attached hydrogen (secondary N) is 1. The maximum absolute atomic E-state index is 12.6. The maximum Gasteiger partial charge on any atom is 0.331 e. The van der Waals surface area contributed by atoms with Crippen LogP contribution in [0.5, 0.6) is 11.5 Å². The van der Waals surface area contributed by atoms with Crippen LogP contribution in [0.2, 0.25) is 0 Å². The van der Waals surface area contributed by atoms with E-state index in [1.807, 2.05) is 18.2 Å². The molecule has 1 amide bonds. The van der Waals surface area contributed by atoms with Gasteiger partial charge in [0.25, 0.3) is 5.91 Å². The Kier molecular flexibility index (Phi) is 7.12. The zero-order valence-electron chi connectivity index (χ0n) is 17.5. The fourth-order valence-corrected chi connectivity index (χ4v) is 3.55. The average Bonchev–Trinajstić information content (AvgIpc) is 2.77. The second kappa shape index (κ2) is 9.96. The number of aryl methyl sites for hydroxylation is 1. The van der Waals surface area contributed by atoms with Gasteiger partial charge in [0.2, 0.25) is 0 Å². The summed E-state index contributed by atoms with van der Waals surface area (Å²) < 4.78 is 15.7. The van der Waals surface area contributed by atoms with E-state index >= 15 is 0 Å². The number of methoxy groups -OCH3 is 2. The number of hydrogen-bond acceptors (Lipinski definition) is 5. The summed E-state index contributed by atoms with van der Waals surface area (Å²) in [5.41, 5.74) is 3.12. The molecule has 0 aliphatic heterocycles. The number of ether oxygens (including phenoxy) is 3. The first-order valence-corrected chi connectivity index (χ1v) is 10.00. The second-order valence-corrected chi connectivity index (χ2v) is 7.21. The number of carbonyl (C=O) groups is 2. The van der Waals surface area contributed by atoms with Crippen LogP contribution in [0.3, 0.4) is 0 Å². The number of rotatable bonds is 7. The smallest absolute Gasteiger partial charge is 0.331 e. The number of esters is 1. The average molecular weight is 409 g/mol. The van der Waals surface area contributed by atoms with Crippen molar-refractivity contribution in [3.05, 3.63) is 65.2 Å². The van der Waals surface area contributed by atoms with Gasteiger partial charge in [-0.3, -0.25) is 4.79 Å². The van der Waals surface area contributed by atoms with Crippen LogP contribution < -0.4 is 14.8 Å². The second-order valence-electron chi connectivity index (χ2n) is 7.21. The minimum absolute atomic E-state index is 0.0524. The quantitative estimate of drug-likeness (QED) is 0.556. The topological polar surface area (TPSA) is 73.9 Å². The van der Waals surface area contributed by atoms with Crippen LogP contribution in [0.4, 0.5) is 0 Å². The SMILES string of the molecule is COc1cc(/C=C/C(=O)O[C@H](C)C(=O)N[C@H]2CCCc3ccccc32)cc(OC)c1. The molecule has 0 bridgehead atoms. The highest BCUT2D eigenvalue weighted by Gasteiger charge is 2.24. The van der Waals surface area contributed by atoms with Crippen molar-refractivity contribution in [1.82, 2.24) is 5.32 Å². The molecule has 1 aliphatic rings. The Labute approximate surface area is 176 Å². The highest BCUT2D eigenvalue weighted by molar-refractivity contribution is 5.90. The summed E-state index contributed by atoms with van der Waals surface area (Å²) in [5.74, 6) is 0.329. The van der Waals surface area contributed by atoms with E-state index in [-0.39, 0.29) is 11.9 Å². The fraction of sp³-hybridized carbons (Fsp3) is 0.333. The van der Waals surface area contributed by atoms with Crippen LogP contribution in [-0.2, 0) is 20.7 Å². The van der Waals surface area contributed by atoms with E-state index in [1.54, 1.807) is 45.4 Å². The minimum Gasteiger partial charge on any atom is -0.497 e. The minimum atomic E-state index is -0.893. The van der Waals surface area contributed by atoms with Crippen molar-refractivity contribution in [1.29, 1.82) is 0 Å². The summed E-state index contributed by atoms with van der Waals surface area (Å²) in [7, 11) is 3.11. The predicted octanol–water partition coefficient (Wildman–Crippen LogP) is 3.84. The first-order valence-electron chi connectivity index (χ1n) is 10.00. The van der Waals surface area contributed by atoms with Gasteiger partial charge in [0.15, 0.2) is 6.10 Å². The molecule has 0 unspecified atom stereocenters. The molecule has 6 heteroatoms. The first kappa shape index (κ1) is 21.4. The van der Waals surface area contributed by atoms with Gasteiger partial charge >= 0.3 is 5.97 Å². The van der Waals surface area contributed by atoms with Gasteiger partial charge in [-0.05, 0) is 61.1 Å². The van der Waals surface area contributed by atoms with Crippen LogP contribution in [0, 0.1) is 0 Å². The number of hydrogen-bond donors (Lipinski definition) is 1. The third-order valence-electron chi connectivity index (χ3n) is 5.13. The van der Waals surface area contributed by atoms with E-state index < -0.39 is 12.1 Å². The Hall–Kier alpha value is -3.28. The number of fused-ring (bicyclic) bond motifs is 1. The number of benzene rings is 2. The molecule has 0 heterocycles. The molecule has 0 spiro atoms. The molecule has 0 fully saturated rings. The third-order valence-corrected chi connectivity index (χ3v) is 5.13. The molecule has 6 nitrogen and oxygen atoms in total. The Morgan fingerprint density at radius 3 is 2.50 bits per heavy atom. The number of carbonyl (C=O) groups excluding carboxylic acids is 2. The predicted molar refractivity (Wildman–Crippen MR) is 114 cm³/mol. The summed E-state index contributed by atoms with van der Waals surface area (Å²) in [6, 6.07) is 13.3. The van der Waals surface area contributed by atoms with Crippen LogP contribution in [0.1, 0.15) is 42.5 Å². The molecule has 1 N–H and O–H groups in total. The van der Waals surface area contributed by atoms with Crippen LogP contribution in [-0.4, -0.2) is 32.2 Å². The Bertz CT molecular complexity index is 915. The van der Waals surface area contributed by atoms with Crippen LogP contribution >= 0.6 is 0 Å². The first-order chi connectivity index (χ1) is 14.5. The van der Waals surface area contributed by atoms with Crippen molar-refractivity contribution in [2.24, 2.45) is 0 Å². The van der Waals surface area contributed by atoms with Crippen molar-refractivity contribution in [2.45, 2.75) is 38.3 Å². The van der Waals surface area contributed by atoms with E-state index in [0.717, 1.165) is 30.4 Å². The molecular weight excluding hydrogens is 382 g/mol. The van der Waals surface area contributed by atoms with Crippen molar-refractivity contribution in [3.8, 4) is 11.5 Å². The van der Waals surface area contributed by atoms with E-state index in [2.05, 4.69) is 11.4 Å². The highest BCUT2D eigenvalue weighted by Crippen LogP contribution is 2.29. The lowest BCUT2D eigenvalue weighted by atomic mass is 9.87. The van der Waals surface area contributed by atoms with Crippen LogP contribution in [0.25, 0.3) is 6.08 Å². The van der Waals surface area contributed by atoms with Gasteiger partial charge in [-0.15, -0.1) is 0 Å². The van der Waals surface area contributed by atoms with Gasteiger partial charge < -0.3 is 19.5 Å². The molecule has 30 heavy (non-hydrogen) atoms. The van der Waals surface area contributed by atoms with Gasteiger partial charge in [-0.1, -0.05) is 24.3 Å². The van der Waals surface area contributed by atoms with Crippen molar-refractivity contribution >= 4 is 18.0 Å². The molecule has 0 radical (unpaired) electrons. The van der Waals surface area contributed by atoms with Gasteiger partial charge in [-0.25, -0.2) is 4.79 Å². The largest absolute Gasteiger partial charge is 0.497 e. The van der Waals surface area contributed by atoms with E-state index in [1.165, 1.54) is 11.6 Å². The summed E-state index contributed by atoms with van der Waals surface area (Å²) in [4.78, 5) is 24.7. The monoisotopic (exact) mass is 409 g/mol. The number of amides is 1. The van der Waals surface area contributed by atoms with E-state index in [4.69, 9.17) is 14.2 Å². The molecular formula is C24H27NO5. The van der Waals surface area contributed by atoms with Crippen molar-refractivity contribution in [3.63, 3.8) is 0 Å². The Morgan fingerprint density at radius 2 is 1.80 bits per heavy atom. The lowest BCUT2D eigenvalue weighted by molar-refractivity contribution is -0.150. The zero-order chi connectivity index (χ0) is 21.5. The molecule has 0 saturated heterocycles. The maximum atomic E-state index is 12.6. The van der Waals surface area contributed by atoms with Crippen molar-refractivity contribution in [2.75, 3.05) is 14.2 Å². The zero-order valence-corrected chi connectivity index (χ0v) is 17.5. The molecule has 0 aromatic heterocycles. The molecule has 3 rings (SSSR count). The lowest BCUT2D eigenvalue weighted by Crippen LogP contribution is -2.39. The molecule has 0 saturated carbocycles. The van der Waals surface area contributed by atoms with Gasteiger partial charge in [0, 0.05) is 12.1 Å². The Balaban J connectivity index is 1.58. The van der Waals surface area contributed by atoms with Gasteiger partial charge in [0.05, 0.1) is 20.3 Å². The standard InChI is InChI=1S/C24H27NO5/c1-16(24(27)25-22-10-6-8-18-7-4-5-9-21(18)22)30-23(26)12-11-17-13-19(28-2)15-20(14-17)29-3/h4-5,7,9,11-16,22H,6,8,10H2,1-3H3,(H,25,27)/b12-11+/t16-,22+/m1/s1. The van der Waals surface area contributed by atoms with Crippen LogP contribution in [0.15, 0.2) is 48.5 Å². The van der Waals surface area contributed by atoms with Crippen molar-refractivity contribution < 1.29 is 23.8 Å². The third kappa shape index (κ3) is 5.41. The van der Waals surface area contributed by atoms with Gasteiger partial charge in [-0.2, -0.15) is 0 Å². The summed E-state index contributed by atoms with van der Waals surface area (Å²) in [6.07, 6.45) is 4.90. The molecule has 2 aromatic rings. The van der Waals surface area contributed by atoms with E-state index in [0.29, 0.717) is 11.5 Å². The Morgan fingerprint density at radius 1 is 1.10 bits per heavy atom. The lowest BCUT2D eigenvalue weighted by Gasteiger charge is -2.27. The molecule has 2 atom stereocenters. The summed E-state index contributed by atoms with van der Waals surface area (Å²) in [6.45, 7) is 1.57. The normalized spacial score (nSPS) is 16.4.